The Kier molecular flexibility index (Phi) is 4.17. The van der Waals surface area contributed by atoms with Crippen LogP contribution in [0.2, 0.25) is 0 Å². The van der Waals surface area contributed by atoms with Crippen LogP contribution in [0.4, 0.5) is 0 Å². The topological polar surface area (TPSA) is 48.1 Å². The van der Waals surface area contributed by atoms with Crippen molar-refractivity contribution >= 4 is 0 Å². The molecule has 3 nitrogen and oxygen atoms in total. The summed E-state index contributed by atoms with van der Waals surface area (Å²) in [6.07, 6.45) is 1.77. The molecule has 0 amide bonds. The van der Waals surface area contributed by atoms with E-state index in [0.29, 0.717) is 13.2 Å². The lowest BCUT2D eigenvalue weighted by Gasteiger charge is -2.14. The van der Waals surface area contributed by atoms with Crippen LogP contribution in [-0.4, -0.2) is 4.98 Å². The zero-order valence-electron chi connectivity index (χ0n) is 11.7. The van der Waals surface area contributed by atoms with Crippen molar-refractivity contribution in [1.82, 2.24) is 4.98 Å². The molecule has 1 aromatic carbocycles. The zero-order valence-corrected chi connectivity index (χ0v) is 11.7. The van der Waals surface area contributed by atoms with E-state index in [1.807, 2.05) is 12.1 Å². The predicted molar refractivity (Wildman–Crippen MR) is 77.1 cm³/mol. The van der Waals surface area contributed by atoms with E-state index in [1.54, 1.807) is 6.20 Å². The normalized spacial score (nSPS) is 10.5. The Morgan fingerprint density at radius 3 is 2.58 bits per heavy atom. The average molecular weight is 256 g/mol. The summed E-state index contributed by atoms with van der Waals surface area (Å²) in [4.78, 5) is 4.18. The fraction of sp³-hybridized carbons (Fsp3) is 0.312. The molecule has 0 atom stereocenters. The molecule has 0 saturated heterocycles. The van der Waals surface area contributed by atoms with Crippen LogP contribution >= 0.6 is 0 Å². The molecular formula is C16H20N2O. The maximum Gasteiger partial charge on any atom is 0.125 e. The van der Waals surface area contributed by atoms with Gasteiger partial charge in [0, 0.05) is 12.7 Å². The summed E-state index contributed by atoms with van der Waals surface area (Å²) in [5, 5.41) is 0. The monoisotopic (exact) mass is 256 g/mol. The van der Waals surface area contributed by atoms with Gasteiger partial charge in [-0.05, 0) is 55.2 Å². The van der Waals surface area contributed by atoms with Gasteiger partial charge in [0.15, 0.2) is 0 Å². The molecule has 2 rings (SSSR count). The van der Waals surface area contributed by atoms with Gasteiger partial charge in [-0.15, -0.1) is 0 Å². The van der Waals surface area contributed by atoms with Crippen LogP contribution in [0.3, 0.4) is 0 Å². The number of benzene rings is 1. The first kappa shape index (κ1) is 13.6. The van der Waals surface area contributed by atoms with E-state index in [-0.39, 0.29) is 0 Å². The minimum Gasteiger partial charge on any atom is -0.488 e. The van der Waals surface area contributed by atoms with Crippen molar-refractivity contribution in [2.45, 2.75) is 33.9 Å². The van der Waals surface area contributed by atoms with Gasteiger partial charge in [0.1, 0.15) is 12.4 Å². The highest BCUT2D eigenvalue weighted by Crippen LogP contribution is 2.26. The van der Waals surface area contributed by atoms with E-state index in [1.165, 1.54) is 11.1 Å². The van der Waals surface area contributed by atoms with Crippen molar-refractivity contribution in [3.8, 4) is 5.75 Å². The Morgan fingerprint density at radius 1 is 1.11 bits per heavy atom. The Hall–Kier alpha value is -1.87. The SMILES string of the molecule is Cc1ccc(C)c(OCc2ccnc(CN)c2)c1C. The molecule has 0 spiro atoms. The van der Waals surface area contributed by atoms with Crippen LogP contribution in [0.15, 0.2) is 30.5 Å². The van der Waals surface area contributed by atoms with Gasteiger partial charge in [-0.3, -0.25) is 4.98 Å². The van der Waals surface area contributed by atoms with E-state index >= 15 is 0 Å². The van der Waals surface area contributed by atoms with E-state index in [4.69, 9.17) is 10.5 Å². The second kappa shape index (κ2) is 5.85. The van der Waals surface area contributed by atoms with Crippen molar-refractivity contribution < 1.29 is 4.74 Å². The maximum absolute atomic E-state index is 5.97. The second-order valence-electron chi connectivity index (χ2n) is 4.80. The van der Waals surface area contributed by atoms with Gasteiger partial charge in [-0.1, -0.05) is 12.1 Å². The molecule has 2 aromatic rings. The molecule has 0 aliphatic rings. The van der Waals surface area contributed by atoms with Crippen LogP contribution in [-0.2, 0) is 13.2 Å². The fourth-order valence-corrected chi connectivity index (χ4v) is 2.03. The van der Waals surface area contributed by atoms with Crippen LogP contribution in [0, 0.1) is 20.8 Å². The molecule has 2 N–H and O–H groups in total. The molecule has 0 radical (unpaired) electrons. The third-order valence-corrected chi connectivity index (χ3v) is 3.35. The number of aryl methyl sites for hydroxylation is 2. The molecule has 0 unspecified atom stereocenters. The smallest absolute Gasteiger partial charge is 0.125 e. The minimum absolute atomic E-state index is 0.455. The van der Waals surface area contributed by atoms with Crippen molar-refractivity contribution in [2.75, 3.05) is 0 Å². The van der Waals surface area contributed by atoms with E-state index in [9.17, 15) is 0 Å². The van der Waals surface area contributed by atoms with Crippen LogP contribution in [0.1, 0.15) is 27.9 Å². The first-order valence-corrected chi connectivity index (χ1v) is 6.45. The van der Waals surface area contributed by atoms with Gasteiger partial charge in [0.2, 0.25) is 0 Å². The standard InChI is InChI=1S/C16H20N2O/c1-11-4-5-12(2)16(13(11)3)19-10-14-6-7-18-15(8-14)9-17/h4-8H,9-10,17H2,1-3H3. The number of aromatic nitrogens is 1. The summed E-state index contributed by atoms with van der Waals surface area (Å²) in [6, 6.07) is 8.16. The Labute approximate surface area is 114 Å². The Morgan fingerprint density at radius 2 is 1.84 bits per heavy atom. The molecular weight excluding hydrogens is 236 g/mol. The van der Waals surface area contributed by atoms with Gasteiger partial charge in [-0.25, -0.2) is 0 Å². The largest absolute Gasteiger partial charge is 0.488 e. The fourth-order valence-electron chi connectivity index (χ4n) is 2.03. The molecule has 0 bridgehead atoms. The quantitative estimate of drug-likeness (QED) is 0.914. The number of nitrogens with two attached hydrogens (primary N) is 1. The number of hydrogen-bond acceptors (Lipinski definition) is 3. The average Bonchev–Trinajstić information content (AvgIpc) is 2.43. The molecule has 1 heterocycles. The molecule has 3 heteroatoms. The van der Waals surface area contributed by atoms with Crippen molar-refractivity contribution in [3.63, 3.8) is 0 Å². The molecule has 1 aromatic heterocycles. The summed E-state index contributed by atoms with van der Waals surface area (Å²) in [7, 11) is 0. The van der Waals surface area contributed by atoms with Gasteiger partial charge in [0.25, 0.3) is 0 Å². The first-order valence-electron chi connectivity index (χ1n) is 6.45. The van der Waals surface area contributed by atoms with Crippen LogP contribution in [0.25, 0.3) is 0 Å². The first-order chi connectivity index (χ1) is 9.11. The molecule has 0 aliphatic heterocycles. The summed E-state index contributed by atoms with van der Waals surface area (Å²) >= 11 is 0. The predicted octanol–water partition coefficient (Wildman–Crippen LogP) is 3.04. The van der Waals surface area contributed by atoms with Gasteiger partial charge in [-0.2, -0.15) is 0 Å². The molecule has 0 saturated carbocycles. The highest BCUT2D eigenvalue weighted by Gasteiger charge is 2.06. The molecule has 100 valence electrons. The summed E-state index contributed by atoms with van der Waals surface area (Å²) < 4.78 is 5.97. The highest BCUT2D eigenvalue weighted by molar-refractivity contribution is 5.44. The third kappa shape index (κ3) is 3.12. The lowest BCUT2D eigenvalue weighted by atomic mass is 10.1. The number of nitrogens with zero attached hydrogens (tertiary/aromatic N) is 1. The van der Waals surface area contributed by atoms with Crippen molar-refractivity contribution in [2.24, 2.45) is 5.73 Å². The minimum atomic E-state index is 0.455. The Balaban J connectivity index is 2.16. The molecule has 19 heavy (non-hydrogen) atoms. The van der Waals surface area contributed by atoms with E-state index in [2.05, 4.69) is 37.9 Å². The summed E-state index contributed by atoms with van der Waals surface area (Å²) in [5.41, 5.74) is 11.2. The van der Waals surface area contributed by atoms with Gasteiger partial charge >= 0.3 is 0 Å². The van der Waals surface area contributed by atoms with Gasteiger partial charge in [0.05, 0.1) is 5.69 Å². The molecule has 0 fully saturated rings. The number of pyridine rings is 1. The van der Waals surface area contributed by atoms with Crippen LogP contribution in [0.5, 0.6) is 5.75 Å². The van der Waals surface area contributed by atoms with Crippen LogP contribution < -0.4 is 10.5 Å². The van der Waals surface area contributed by atoms with E-state index in [0.717, 1.165) is 22.6 Å². The summed E-state index contributed by atoms with van der Waals surface area (Å²) in [5.74, 6) is 0.978. The zero-order chi connectivity index (χ0) is 13.8. The number of ether oxygens (including phenoxy) is 1. The lowest BCUT2D eigenvalue weighted by Crippen LogP contribution is -2.03. The number of hydrogen-bond donors (Lipinski definition) is 1. The number of rotatable bonds is 4. The third-order valence-electron chi connectivity index (χ3n) is 3.35. The van der Waals surface area contributed by atoms with Crippen molar-refractivity contribution in [3.05, 3.63) is 58.4 Å². The highest BCUT2D eigenvalue weighted by atomic mass is 16.5. The lowest BCUT2D eigenvalue weighted by molar-refractivity contribution is 0.301. The summed E-state index contributed by atoms with van der Waals surface area (Å²) in [6.45, 7) is 7.26. The molecule has 0 aliphatic carbocycles. The van der Waals surface area contributed by atoms with E-state index < -0.39 is 0 Å². The second-order valence-corrected chi connectivity index (χ2v) is 4.80. The van der Waals surface area contributed by atoms with Gasteiger partial charge < -0.3 is 10.5 Å². The Bertz CT molecular complexity index is 579. The van der Waals surface area contributed by atoms with Crippen molar-refractivity contribution in [1.29, 1.82) is 0 Å². The maximum atomic E-state index is 5.97.